The predicted molar refractivity (Wildman–Crippen MR) is 77.3 cm³/mol. The summed E-state index contributed by atoms with van der Waals surface area (Å²) < 4.78 is 26.4. The molecule has 2 N–H and O–H groups in total. The van der Waals surface area contributed by atoms with Crippen molar-refractivity contribution in [3.05, 3.63) is 12.0 Å². The molecule has 0 atom stereocenters. The molecule has 1 heterocycles. The minimum absolute atomic E-state index is 0.222. The number of rotatable bonds is 14. The van der Waals surface area contributed by atoms with Gasteiger partial charge in [-0.25, -0.2) is 0 Å². The summed E-state index contributed by atoms with van der Waals surface area (Å²) in [7, 11) is 0. The van der Waals surface area contributed by atoms with Gasteiger partial charge in [-0.15, -0.1) is 0 Å². The highest BCUT2D eigenvalue weighted by atomic mass is 16.6. The molecule has 21 heavy (non-hydrogen) atoms. The van der Waals surface area contributed by atoms with Gasteiger partial charge in [0.1, 0.15) is 12.9 Å². The van der Waals surface area contributed by atoms with E-state index in [1.54, 1.807) is 0 Å². The van der Waals surface area contributed by atoms with E-state index in [0.717, 1.165) is 19.4 Å². The third kappa shape index (κ3) is 9.41. The molecule has 122 valence electrons. The van der Waals surface area contributed by atoms with Crippen LogP contribution in [-0.4, -0.2) is 51.2 Å². The van der Waals surface area contributed by atoms with Crippen molar-refractivity contribution in [1.29, 1.82) is 0 Å². The summed E-state index contributed by atoms with van der Waals surface area (Å²) in [5.74, 6) is 0. The Labute approximate surface area is 125 Å². The molecule has 1 rings (SSSR count). The fourth-order valence-electron chi connectivity index (χ4n) is 1.42. The summed E-state index contributed by atoms with van der Waals surface area (Å²) in [5, 5.41) is 0. The maximum Gasteiger partial charge on any atom is 0.393 e. The summed E-state index contributed by atoms with van der Waals surface area (Å²) in [6.07, 6.45) is 3.95. The van der Waals surface area contributed by atoms with E-state index in [-0.39, 0.29) is 6.08 Å². The molecule has 0 bridgehead atoms. The van der Waals surface area contributed by atoms with Gasteiger partial charge in [0.15, 0.2) is 0 Å². The van der Waals surface area contributed by atoms with Crippen molar-refractivity contribution in [2.45, 2.75) is 26.3 Å². The predicted octanol–water partition coefficient (Wildman–Crippen LogP) is 1.36. The molecule has 7 nitrogen and oxygen atoms in total. The van der Waals surface area contributed by atoms with E-state index >= 15 is 0 Å². The second-order valence-electron chi connectivity index (χ2n) is 4.35. The summed E-state index contributed by atoms with van der Waals surface area (Å²) in [5.41, 5.74) is 6.07. The molecule has 0 aliphatic carbocycles. The minimum Gasteiger partial charge on any atom is -0.448 e. The highest BCUT2D eigenvalue weighted by Crippen LogP contribution is 2.08. The molecule has 0 saturated carbocycles. The lowest BCUT2D eigenvalue weighted by molar-refractivity contribution is 0.00731. The fraction of sp³-hybridized carbons (Fsp3) is 0.786. The van der Waals surface area contributed by atoms with Crippen molar-refractivity contribution in [3.8, 4) is 6.08 Å². The van der Waals surface area contributed by atoms with Gasteiger partial charge in [-0.2, -0.15) is 4.98 Å². The molecule has 0 amide bonds. The molecule has 7 heteroatoms. The van der Waals surface area contributed by atoms with Gasteiger partial charge in [0.25, 0.3) is 0 Å². The lowest BCUT2D eigenvalue weighted by atomic mass is 10.4. The topological polar surface area (TPSA) is 89.0 Å². The van der Waals surface area contributed by atoms with Crippen LogP contribution in [0.5, 0.6) is 6.08 Å². The van der Waals surface area contributed by atoms with Crippen LogP contribution in [0.1, 0.15) is 25.5 Å². The second-order valence-corrected chi connectivity index (χ2v) is 4.35. The lowest BCUT2D eigenvalue weighted by Gasteiger charge is -2.06. The summed E-state index contributed by atoms with van der Waals surface area (Å²) in [4.78, 5) is 4.01. The van der Waals surface area contributed by atoms with Gasteiger partial charge < -0.3 is 29.1 Å². The zero-order valence-corrected chi connectivity index (χ0v) is 12.7. The van der Waals surface area contributed by atoms with Crippen molar-refractivity contribution in [2.75, 3.05) is 46.2 Å². The largest absolute Gasteiger partial charge is 0.448 e. The molecule has 0 unspecified atom stereocenters. The quantitative estimate of drug-likeness (QED) is 0.519. The first-order valence-electron chi connectivity index (χ1n) is 7.37. The van der Waals surface area contributed by atoms with Crippen LogP contribution in [0.4, 0.5) is 0 Å². The number of aromatic nitrogens is 1. The van der Waals surface area contributed by atoms with E-state index in [9.17, 15) is 0 Å². The number of hydrogen-bond donors (Lipinski definition) is 1. The van der Waals surface area contributed by atoms with Gasteiger partial charge in [0.2, 0.25) is 0 Å². The summed E-state index contributed by atoms with van der Waals surface area (Å²) >= 11 is 0. The maximum atomic E-state index is 5.41. The van der Waals surface area contributed by atoms with Gasteiger partial charge in [0.05, 0.1) is 38.7 Å². The average molecular weight is 302 g/mol. The Hall–Kier alpha value is -1.15. The first-order valence-corrected chi connectivity index (χ1v) is 7.37. The molecule has 1 aromatic rings. The minimum atomic E-state index is 0.222. The molecular weight excluding hydrogens is 276 g/mol. The Bertz CT molecular complexity index is 346. The summed E-state index contributed by atoms with van der Waals surface area (Å²) in [6.45, 7) is 6.43. The van der Waals surface area contributed by atoms with E-state index < -0.39 is 0 Å². The van der Waals surface area contributed by atoms with Crippen LogP contribution in [0.25, 0.3) is 0 Å². The Morgan fingerprint density at radius 1 is 1.00 bits per heavy atom. The number of hydrogen-bond acceptors (Lipinski definition) is 7. The molecule has 0 aliphatic heterocycles. The van der Waals surface area contributed by atoms with Crippen LogP contribution < -0.4 is 10.5 Å². The van der Waals surface area contributed by atoms with Crippen molar-refractivity contribution in [1.82, 2.24) is 4.98 Å². The van der Waals surface area contributed by atoms with E-state index in [1.807, 2.05) is 0 Å². The Kier molecular flexibility index (Phi) is 10.7. The monoisotopic (exact) mass is 302 g/mol. The highest BCUT2D eigenvalue weighted by molar-refractivity contribution is 4.98. The normalized spacial score (nSPS) is 11.0. The second kappa shape index (κ2) is 12.6. The molecule has 0 saturated heterocycles. The van der Waals surface area contributed by atoms with Crippen LogP contribution in [0.2, 0.25) is 0 Å². The van der Waals surface area contributed by atoms with Crippen LogP contribution in [0.15, 0.2) is 10.7 Å². The van der Waals surface area contributed by atoms with Gasteiger partial charge in [-0.1, -0.05) is 13.3 Å². The maximum absolute atomic E-state index is 5.41. The first-order chi connectivity index (χ1) is 10.4. The van der Waals surface area contributed by atoms with E-state index in [1.165, 1.54) is 6.26 Å². The van der Waals surface area contributed by atoms with Crippen LogP contribution in [-0.2, 0) is 20.8 Å². The zero-order valence-electron chi connectivity index (χ0n) is 12.7. The van der Waals surface area contributed by atoms with Crippen LogP contribution >= 0.6 is 0 Å². The number of unbranched alkanes of at least 4 members (excludes halogenated alkanes) is 1. The van der Waals surface area contributed by atoms with E-state index in [2.05, 4.69) is 11.9 Å². The third-order valence-corrected chi connectivity index (χ3v) is 2.58. The number of nitrogens with two attached hydrogens (primary N) is 1. The molecule has 0 spiro atoms. The molecule has 0 aromatic carbocycles. The van der Waals surface area contributed by atoms with Gasteiger partial charge in [0, 0.05) is 13.2 Å². The average Bonchev–Trinajstić information content (AvgIpc) is 2.96. The van der Waals surface area contributed by atoms with Gasteiger partial charge in [-0.05, 0) is 6.42 Å². The smallest absolute Gasteiger partial charge is 0.393 e. The van der Waals surface area contributed by atoms with Gasteiger partial charge >= 0.3 is 6.08 Å². The highest BCUT2D eigenvalue weighted by Gasteiger charge is 2.02. The molecule has 0 fully saturated rings. The van der Waals surface area contributed by atoms with Crippen molar-refractivity contribution < 1.29 is 23.4 Å². The summed E-state index contributed by atoms with van der Waals surface area (Å²) in [6, 6.07) is 0. The van der Waals surface area contributed by atoms with Crippen molar-refractivity contribution in [2.24, 2.45) is 5.73 Å². The number of nitrogens with zero attached hydrogens (tertiary/aromatic N) is 1. The Morgan fingerprint density at radius 2 is 1.62 bits per heavy atom. The molecule has 1 aromatic heterocycles. The molecular formula is C14H26N2O5. The van der Waals surface area contributed by atoms with E-state index in [4.69, 9.17) is 29.1 Å². The van der Waals surface area contributed by atoms with Crippen molar-refractivity contribution in [3.63, 3.8) is 0 Å². The molecule has 0 radical (unpaired) electrons. The number of oxazole rings is 1. The van der Waals surface area contributed by atoms with Gasteiger partial charge in [-0.3, -0.25) is 0 Å². The standard InChI is InChI=1S/C14H26N2O5/c1-2-3-4-17-5-6-18-7-8-19-9-10-20-14-16-13(11-15)12-21-14/h12H,2-11,15H2,1H3. The number of ether oxygens (including phenoxy) is 4. The zero-order chi connectivity index (χ0) is 15.2. The molecule has 0 aliphatic rings. The SMILES string of the molecule is CCCCOCCOCCOCCOc1nc(CN)co1. The Morgan fingerprint density at radius 3 is 2.19 bits per heavy atom. The van der Waals surface area contributed by atoms with Crippen LogP contribution in [0.3, 0.4) is 0 Å². The van der Waals surface area contributed by atoms with Crippen LogP contribution in [0, 0.1) is 0 Å². The fourth-order valence-corrected chi connectivity index (χ4v) is 1.42. The Balaban J connectivity index is 1.80. The van der Waals surface area contributed by atoms with E-state index in [0.29, 0.717) is 51.9 Å². The van der Waals surface area contributed by atoms with Crippen molar-refractivity contribution >= 4 is 0 Å². The lowest BCUT2D eigenvalue weighted by Crippen LogP contribution is -2.13. The first kappa shape index (κ1) is 17.9. The third-order valence-electron chi connectivity index (χ3n) is 2.58.